The van der Waals surface area contributed by atoms with Crippen LogP contribution >= 0.6 is 0 Å². The molecular weight excluding hydrogens is 732 g/mol. The standard InChI is InChI=1S/C37H28O18/c38-12-5-16(40)25-22(6-12)52-35-14-7-21(45)30(48)32(50)36(14)53-23-4-11(3-20(44)29(23)47)37(51)54-24-8-13-15(39)9-17(41)26(27(25)31(35)49)34(13)55-33(24)10-1-18(42)28(46)19(43)2-10/h1-7,9,24,27,31,33,35,38-50H,8H2/t24-,27-,31+,33-,35-/m0/s1. The number of benzene rings is 5. The molecule has 4 heterocycles. The first-order valence-electron chi connectivity index (χ1n) is 16.2. The Labute approximate surface area is 306 Å². The molecule has 5 aromatic rings. The molecule has 5 atom stereocenters. The molecule has 9 rings (SSSR count). The summed E-state index contributed by atoms with van der Waals surface area (Å²) in [6.07, 6.45) is -7.35. The maximum Gasteiger partial charge on any atom is 0.338 e. The minimum absolute atomic E-state index is 0.123. The van der Waals surface area contributed by atoms with Gasteiger partial charge in [0.25, 0.3) is 0 Å². The first kappa shape index (κ1) is 34.6. The summed E-state index contributed by atoms with van der Waals surface area (Å²) < 4.78 is 23.9. The zero-order valence-electron chi connectivity index (χ0n) is 27.6. The molecule has 0 aliphatic carbocycles. The van der Waals surface area contributed by atoms with E-state index in [1.54, 1.807) is 0 Å². The molecule has 55 heavy (non-hydrogen) atoms. The predicted molar refractivity (Wildman–Crippen MR) is 180 cm³/mol. The van der Waals surface area contributed by atoms with Gasteiger partial charge in [0.2, 0.25) is 17.2 Å². The lowest BCUT2D eigenvalue weighted by molar-refractivity contribution is -0.0212. The largest absolute Gasteiger partial charge is 0.508 e. The van der Waals surface area contributed by atoms with E-state index in [0.717, 1.165) is 48.5 Å². The minimum atomic E-state index is -2.02. The Morgan fingerprint density at radius 1 is 0.527 bits per heavy atom. The number of rotatable bonds is 1. The smallest absolute Gasteiger partial charge is 0.338 e. The Morgan fingerprint density at radius 2 is 1.18 bits per heavy atom. The topological polar surface area (TPSA) is 317 Å². The summed E-state index contributed by atoms with van der Waals surface area (Å²) in [5.74, 6) is -15.5. The van der Waals surface area contributed by atoms with Gasteiger partial charge >= 0.3 is 5.97 Å². The molecule has 0 spiro atoms. The average Bonchev–Trinajstić information content (AvgIpc) is 3.12. The number of hydrogen-bond donors (Lipinski definition) is 13. The van der Waals surface area contributed by atoms with Crippen molar-refractivity contribution in [1.29, 1.82) is 0 Å². The normalized spacial score (nSPS) is 21.0. The number of hydrogen-bond acceptors (Lipinski definition) is 18. The lowest BCUT2D eigenvalue weighted by Gasteiger charge is -2.41. The van der Waals surface area contributed by atoms with Gasteiger partial charge in [-0.05, 0) is 30.3 Å². The quantitative estimate of drug-likeness (QED) is 0.0853. The van der Waals surface area contributed by atoms with E-state index in [9.17, 15) is 71.2 Å². The molecule has 0 fully saturated rings. The summed E-state index contributed by atoms with van der Waals surface area (Å²) in [5, 5.41) is 141. The van der Waals surface area contributed by atoms with Crippen LogP contribution in [0, 0.1) is 0 Å². The second-order valence-corrected chi connectivity index (χ2v) is 13.1. The van der Waals surface area contributed by atoms with Crippen LogP contribution in [0.1, 0.15) is 56.3 Å². The number of fused-ring (bicyclic) bond motifs is 3. The van der Waals surface area contributed by atoms with Crippen molar-refractivity contribution in [2.24, 2.45) is 0 Å². The Balaban J connectivity index is 1.47. The number of ether oxygens (including phenoxy) is 4. The van der Waals surface area contributed by atoms with E-state index in [-0.39, 0.29) is 33.8 Å². The maximum absolute atomic E-state index is 13.8. The molecular formula is C37H28O18. The molecule has 0 radical (unpaired) electrons. The van der Waals surface area contributed by atoms with Crippen LogP contribution < -0.4 is 14.2 Å². The highest BCUT2D eigenvalue weighted by atomic mass is 16.6. The molecule has 284 valence electrons. The first-order valence-corrected chi connectivity index (χ1v) is 16.2. The van der Waals surface area contributed by atoms with Crippen molar-refractivity contribution in [3.8, 4) is 92.0 Å². The van der Waals surface area contributed by atoms with Crippen LogP contribution in [0.5, 0.6) is 92.0 Å². The van der Waals surface area contributed by atoms with Crippen molar-refractivity contribution < 1.29 is 90.1 Å². The van der Waals surface area contributed by atoms with E-state index in [0.29, 0.717) is 0 Å². The average molecular weight is 761 g/mol. The number of esters is 1. The summed E-state index contributed by atoms with van der Waals surface area (Å²) in [6.45, 7) is 0. The van der Waals surface area contributed by atoms with Crippen molar-refractivity contribution in [2.75, 3.05) is 0 Å². The van der Waals surface area contributed by atoms with Crippen LogP contribution in [0.4, 0.5) is 0 Å². The highest BCUT2D eigenvalue weighted by Crippen LogP contribution is 2.60. The highest BCUT2D eigenvalue weighted by Gasteiger charge is 2.48. The second kappa shape index (κ2) is 12.0. The molecule has 5 aromatic carbocycles. The molecule has 8 bridgehead atoms. The van der Waals surface area contributed by atoms with Gasteiger partial charge in [-0.1, -0.05) is 0 Å². The Bertz CT molecular complexity index is 2450. The summed E-state index contributed by atoms with van der Waals surface area (Å²) in [6, 6.07) is 7.19. The minimum Gasteiger partial charge on any atom is -0.508 e. The lowest BCUT2D eigenvalue weighted by atomic mass is 9.77. The predicted octanol–water partition coefficient (Wildman–Crippen LogP) is 3.79. The van der Waals surface area contributed by atoms with Crippen molar-refractivity contribution >= 4 is 5.97 Å². The van der Waals surface area contributed by atoms with Crippen LogP contribution in [0.25, 0.3) is 0 Å². The molecule has 18 nitrogen and oxygen atoms in total. The summed E-state index contributed by atoms with van der Waals surface area (Å²) in [7, 11) is 0. The van der Waals surface area contributed by atoms with E-state index >= 15 is 0 Å². The number of phenols is 12. The van der Waals surface area contributed by atoms with Gasteiger partial charge in [0.1, 0.15) is 46.7 Å². The third-order valence-electron chi connectivity index (χ3n) is 9.72. The molecule has 0 saturated carbocycles. The molecule has 4 aliphatic heterocycles. The SMILES string of the molecule is O=C1O[C@H]2Cc3c(O)cc(O)c(c3O[C@H]2c2cc(O)c(O)c(O)c2)[C@@H]2c3c(O)cc(O)cc3O[C@@H](c3cc(O)c(O)c(O)c3Oc3cc1cc(O)c3O)[C@@H]2O. The number of aliphatic hydroxyl groups is 1. The fourth-order valence-electron chi connectivity index (χ4n) is 7.20. The number of aromatic hydroxyl groups is 12. The van der Waals surface area contributed by atoms with Gasteiger partial charge < -0.3 is 85.3 Å². The van der Waals surface area contributed by atoms with E-state index in [4.69, 9.17) is 18.9 Å². The molecule has 4 aliphatic rings. The number of carbonyl (C=O) groups excluding carboxylic acids is 1. The second-order valence-electron chi connectivity index (χ2n) is 13.1. The molecule has 0 saturated heterocycles. The molecule has 0 unspecified atom stereocenters. The summed E-state index contributed by atoms with van der Waals surface area (Å²) >= 11 is 0. The fraction of sp³-hybridized carbons (Fsp3) is 0.162. The van der Waals surface area contributed by atoms with Crippen LogP contribution in [-0.2, 0) is 11.2 Å². The summed E-state index contributed by atoms with van der Waals surface area (Å²) in [5.41, 5.74) is -1.82. The first-order chi connectivity index (χ1) is 26.0. The van der Waals surface area contributed by atoms with Crippen molar-refractivity contribution in [2.45, 2.75) is 36.8 Å². The van der Waals surface area contributed by atoms with Gasteiger partial charge in [-0.15, -0.1) is 0 Å². The monoisotopic (exact) mass is 760 g/mol. The van der Waals surface area contributed by atoms with E-state index in [1.165, 1.54) is 0 Å². The molecule has 0 amide bonds. The van der Waals surface area contributed by atoms with E-state index in [1.807, 2.05) is 0 Å². The Morgan fingerprint density at radius 3 is 1.89 bits per heavy atom. The van der Waals surface area contributed by atoms with Gasteiger partial charge in [-0.2, -0.15) is 0 Å². The van der Waals surface area contributed by atoms with Gasteiger partial charge in [-0.3, -0.25) is 0 Å². The zero-order valence-corrected chi connectivity index (χ0v) is 27.6. The lowest BCUT2D eigenvalue weighted by Crippen LogP contribution is -2.38. The van der Waals surface area contributed by atoms with E-state index < -0.39 is 134 Å². The van der Waals surface area contributed by atoms with Crippen LogP contribution in [0.15, 0.2) is 48.5 Å². The highest BCUT2D eigenvalue weighted by molar-refractivity contribution is 5.91. The van der Waals surface area contributed by atoms with Gasteiger partial charge in [0.15, 0.2) is 52.5 Å². The third-order valence-corrected chi connectivity index (χ3v) is 9.72. The number of carbonyl (C=O) groups is 1. The van der Waals surface area contributed by atoms with Gasteiger partial charge in [0.05, 0.1) is 11.5 Å². The van der Waals surface area contributed by atoms with Crippen molar-refractivity contribution in [3.63, 3.8) is 0 Å². The molecule has 0 aromatic heterocycles. The summed E-state index contributed by atoms with van der Waals surface area (Å²) in [4.78, 5) is 13.8. The molecule has 18 heteroatoms. The third kappa shape index (κ3) is 5.25. The van der Waals surface area contributed by atoms with Crippen LogP contribution in [-0.4, -0.2) is 84.6 Å². The fourth-order valence-corrected chi connectivity index (χ4v) is 7.20. The van der Waals surface area contributed by atoms with E-state index in [2.05, 4.69) is 0 Å². The van der Waals surface area contributed by atoms with Gasteiger partial charge in [-0.25, -0.2) is 4.79 Å². The van der Waals surface area contributed by atoms with Crippen LogP contribution in [0.2, 0.25) is 0 Å². The van der Waals surface area contributed by atoms with Crippen molar-refractivity contribution in [3.05, 3.63) is 81.9 Å². The molecule has 13 N–H and O–H groups in total. The number of aliphatic hydroxyl groups excluding tert-OH is 1. The zero-order chi connectivity index (χ0) is 39.4. The Hall–Kier alpha value is -7.47. The Kier molecular flexibility index (Phi) is 7.57. The van der Waals surface area contributed by atoms with Crippen molar-refractivity contribution in [1.82, 2.24) is 0 Å². The van der Waals surface area contributed by atoms with Crippen LogP contribution in [0.3, 0.4) is 0 Å². The van der Waals surface area contributed by atoms with Gasteiger partial charge in [0, 0.05) is 52.4 Å². The maximum atomic E-state index is 13.8. The number of phenolic OH excluding ortho intramolecular Hbond substituents is 12.